The van der Waals surface area contributed by atoms with Crippen LogP contribution in [0.1, 0.15) is 37.4 Å². The number of fused-ring (bicyclic) bond motifs is 2. The average molecular weight is 517 g/mol. The highest BCUT2D eigenvalue weighted by Crippen LogP contribution is 2.41. The number of methoxy groups -OCH3 is 6. The number of carbonyl (C=O) groups is 2. The third kappa shape index (κ3) is 4.71. The Balaban J connectivity index is 1.82. The molecule has 0 bridgehead atoms. The second-order valence-electron chi connectivity index (χ2n) is 8.81. The van der Waals surface area contributed by atoms with Gasteiger partial charge in [-0.05, 0) is 30.7 Å². The van der Waals surface area contributed by atoms with E-state index in [9.17, 15) is 9.59 Å². The Morgan fingerprint density at radius 2 is 1.38 bits per heavy atom. The Labute approximate surface area is 215 Å². The molecule has 1 heterocycles. The standard InChI is InChI=1S/C27H32O10/c1-13-8-15-20(17(9-13)32-4)23(29)21-16(22(15)28)10-14(31-3)11-18(21)36-27-26(35-7)25(34-6)24(33-5)19(37-27)12-30-2/h8-11,19,24-27H,12H2,1-7H3. The first-order valence-electron chi connectivity index (χ1n) is 11.7. The maximum atomic E-state index is 13.9. The quantitative estimate of drug-likeness (QED) is 0.421. The van der Waals surface area contributed by atoms with E-state index in [4.69, 9.17) is 37.9 Å². The summed E-state index contributed by atoms with van der Waals surface area (Å²) < 4.78 is 45.7. The highest BCUT2D eigenvalue weighted by Gasteiger charge is 2.49. The molecule has 1 saturated heterocycles. The maximum Gasteiger partial charge on any atom is 0.229 e. The highest BCUT2D eigenvalue weighted by atomic mass is 16.7. The lowest BCUT2D eigenvalue weighted by molar-refractivity contribution is -0.292. The summed E-state index contributed by atoms with van der Waals surface area (Å²) in [5.74, 6) is 0.0150. The molecule has 0 amide bonds. The molecule has 5 unspecified atom stereocenters. The molecule has 0 radical (unpaired) electrons. The van der Waals surface area contributed by atoms with E-state index in [1.54, 1.807) is 32.4 Å². The molecule has 5 atom stereocenters. The van der Waals surface area contributed by atoms with E-state index in [1.165, 1.54) is 34.5 Å². The van der Waals surface area contributed by atoms with Crippen LogP contribution in [-0.4, -0.2) is 91.5 Å². The number of hydrogen-bond donors (Lipinski definition) is 0. The van der Waals surface area contributed by atoms with Crippen molar-refractivity contribution in [2.75, 3.05) is 49.3 Å². The smallest absolute Gasteiger partial charge is 0.229 e. The Kier molecular flexibility index (Phi) is 8.15. The lowest BCUT2D eigenvalue weighted by Crippen LogP contribution is -2.62. The Morgan fingerprint density at radius 1 is 0.730 bits per heavy atom. The third-order valence-electron chi connectivity index (χ3n) is 6.70. The summed E-state index contributed by atoms with van der Waals surface area (Å²) >= 11 is 0. The molecule has 1 aliphatic heterocycles. The van der Waals surface area contributed by atoms with Gasteiger partial charge < -0.3 is 37.9 Å². The molecule has 0 aromatic heterocycles. The zero-order chi connectivity index (χ0) is 26.9. The SMILES string of the molecule is COCC1OC(Oc2cc(OC)cc3c2C(=O)c2c(OC)cc(C)cc2C3=O)C(OC)C(OC)C1OC. The van der Waals surface area contributed by atoms with Gasteiger partial charge in [-0.2, -0.15) is 0 Å². The van der Waals surface area contributed by atoms with Crippen LogP contribution in [0.15, 0.2) is 24.3 Å². The molecule has 1 fully saturated rings. The van der Waals surface area contributed by atoms with E-state index < -0.39 is 36.5 Å². The van der Waals surface area contributed by atoms with Crippen molar-refractivity contribution < 1.29 is 47.5 Å². The average Bonchev–Trinajstić information content (AvgIpc) is 2.90. The van der Waals surface area contributed by atoms with Gasteiger partial charge in [0.25, 0.3) is 0 Å². The number of ketones is 2. The van der Waals surface area contributed by atoms with Gasteiger partial charge in [0.1, 0.15) is 41.7 Å². The minimum absolute atomic E-state index is 0.0880. The first kappa shape index (κ1) is 27.0. The van der Waals surface area contributed by atoms with E-state index in [0.29, 0.717) is 11.5 Å². The van der Waals surface area contributed by atoms with E-state index in [1.807, 2.05) is 6.92 Å². The number of hydrogen-bond acceptors (Lipinski definition) is 10. The van der Waals surface area contributed by atoms with Crippen LogP contribution in [0.4, 0.5) is 0 Å². The second-order valence-corrected chi connectivity index (χ2v) is 8.81. The van der Waals surface area contributed by atoms with Gasteiger partial charge >= 0.3 is 0 Å². The minimum atomic E-state index is -1.03. The molecule has 1 aliphatic carbocycles. The molecule has 10 nitrogen and oxygen atoms in total. The predicted octanol–water partition coefficient (Wildman–Crippen LogP) is 2.58. The summed E-state index contributed by atoms with van der Waals surface area (Å²) in [6, 6.07) is 6.47. The number of carbonyl (C=O) groups excluding carboxylic acids is 2. The van der Waals surface area contributed by atoms with Crippen molar-refractivity contribution in [2.24, 2.45) is 0 Å². The molecule has 200 valence electrons. The van der Waals surface area contributed by atoms with Crippen molar-refractivity contribution in [3.05, 3.63) is 52.1 Å². The molecule has 37 heavy (non-hydrogen) atoms. The van der Waals surface area contributed by atoms with Crippen molar-refractivity contribution >= 4 is 11.6 Å². The van der Waals surface area contributed by atoms with E-state index in [2.05, 4.69) is 0 Å². The summed E-state index contributed by atoms with van der Waals surface area (Å²) in [7, 11) is 9.06. The van der Waals surface area contributed by atoms with Crippen molar-refractivity contribution in [1.82, 2.24) is 0 Å². The Hall–Kier alpha value is -3.02. The van der Waals surface area contributed by atoms with Crippen LogP contribution in [0.3, 0.4) is 0 Å². The molecule has 0 saturated carbocycles. The molecule has 2 aliphatic rings. The highest BCUT2D eigenvalue weighted by molar-refractivity contribution is 6.30. The molecular formula is C27H32O10. The topological polar surface area (TPSA) is 108 Å². The van der Waals surface area contributed by atoms with Crippen LogP contribution < -0.4 is 14.2 Å². The fraction of sp³-hybridized carbons (Fsp3) is 0.481. The van der Waals surface area contributed by atoms with Crippen molar-refractivity contribution in [3.8, 4) is 17.2 Å². The zero-order valence-corrected chi connectivity index (χ0v) is 22.0. The van der Waals surface area contributed by atoms with Gasteiger partial charge in [-0.15, -0.1) is 0 Å². The molecule has 2 aromatic carbocycles. The van der Waals surface area contributed by atoms with E-state index in [-0.39, 0.29) is 40.4 Å². The summed E-state index contributed by atoms with van der Waals surface area (Å²) in [6.45, 7) is 2.03. The molecular weight excluding hydrogens is 484 g/mol. The summed E-state index contributed by atoms with van der Waals surface area (Å²) in [6.07, 6.45) is -3.39. The van der Waals surface area contributed by atoms with E-state index >= 15 is 0 Å². The summed E-state index contributed by atoms with van der Waals surface area (Å²) in [4.78, 5) is 27.5. The van der Waals surface area contributed by atoms with Gasteiger partial charge in [-0.1, -0.05) is 0 Å². The molecule has 0 N–H and O–H groups in total. The second kappa shape index (κ2) is 11.2. The van der Waals surface area contributed by atoms with Crippen LogP contribution in [0.2, 0.25) is 0 Å². The lowest BCUT2D eigenvalue weighted by Gasteiger charge is -2.44. The van der Waals surface area contributed by atoms with Crippen molar-refractivity contribution in [2.45, 2.75) is 37.6 Å². The van der Waals surface area contributed by atoms with Crippen LogP contribution in [0.5, 0.6) is 17.2 Å². The zero-order valence-electron chi connectivity index (χ0n) is 22.0. The van der Waals surface area contributed by atoms with Crippen LogP contribution in [0, 0.1) is 6.92 Å². The monoisotopic (exact) mass is 516 g/mol. The summed E-state index contributed by atoms with van der Waals surface area (Å²) in [5, 5.41) is 0. The lowest BCUT2D eigenvalue weighted by atomic mass is 9.82. The molecule has 4 rings (SSSR count). The third-order valence-corrected chi connectivity index (χ3v) is 6.70. The predicted molar refractivity (Wildman–Crippen MR) is 131 cm³/mol. The van der Waals surface area contributed by atoms with Crippen LogP contribution >= 0.6 is 0 Å². The van der Waals surface area contributed by atoms with Crippen molar-refractivity contribution in [3.63, 3.8) is 0 Å². The number of ether oxygens (including phenoxy) is 8. The van der Waals surface area contributed by atoms with Gasteiger partial charge in [0.2, 0.25) is 12.1 Å². The fourth-order valence-corrected chi connectivity index (χ4v) is 5.01. The molecule has 0 spiro atoms. The first-order valence-corrected chi connectivity index (χ1v) is 11.7. The van der Waals surface area contributed by atoms with E-state index in [0.717, 1.165) is 5.56 Å². The van der Waals surface area contributed by atoms with Gasteiger partial charge in [0.15, 0.2) is 5.78 Å². The number of benzene rings is 2. The van der Waals surface area contributed by atoms with Crippen LogP contribution in [-0.2, 0) is 23.7 Å². The van der Waals surface area contributed by atoms with Crippen molar-refractivity contribution in [1.29, 1.82) is 0 Å². The minimum Gasteiger partial charge on any atom is -0.497 e. The normalized spacial score (nSPS) is 24.9. The summed E-state index contributed by atoms with van der Waals surface area (Å²) in [5.41, 5.74) is 1.49. The number of aryl methyl sites for hydroxylation is 1. The Morgan fingerprint density at radius 3 is 1.97 bits per heavy atom. The van der Waals surface area contributed by atoms with Gasteiger partial charge in [0, 0.05) is 45.6 Å². The first-order chi connectivity index (χ1) is 17.8. The largest absolute Gasteiger partial charge is 0.497 e. The van der Waals surface area contributed by atoms with Crippen LogP contribution in [0.25, 0.3) is 0 Å². The molecule has 2 aromatic rings. The molecule has 10 heteroatoms. The fourth-order valence-electron chi connectivity index (χ4n) is 5.01. The van der Waals surface area contributed by atoms with Gasteiger partial charge in [-0.3, -0.25) is 9.59 Å². The van der Waals surface area contributed by atoms with Gasteiger partial charge in [-0.25, -0.2) is 0 Å². The number of rotatable bonds is 9. The Bertz CT molecular complexity index is 1180. The maximum absolute atomic E-state index is 13.9. The van der Waals surface area contributed by atoms with Gasteiger partial charge in [0.05, 0.1) is 32.0 Å².